The molecule has 0 saturated carbocycles. The molecule has 1 heterocycles. The summed E-state index contributed by atoms with van der Waals surface area (Å²) in [7, 11) is 0. The lowest BCUT2D eigenvalue weighted by molar-refractivity contribution is -0.123. The van der Waals surface area contributed by atoms with Crippen molar-refractivity contribution in [2.75, 3.05) is 25.1 Å². The Kier molecular flexibility index (Phi) is 8.68. The number of nitrogens with zero attached hydrogens (tertiary/aromatic N) is 1. The van der Waals surface area contributed by atoms with Crippen LogP contribution in [0.25, 0.3) is 6.08 Å². The van der Waals surface area contributed by atoms with Crippen LogP contribution in [-0.2, 0) is 9.59 Å². The van der Waals surface area contributed by atoms with E-state index in [0.717, 1.165) is 28.6 Å². The van der Waals surface area contributed by atoms with Crippen LogP contribution in [0.2, 0.25) is 0 Å². The molecule has 9 heteroatoms. The lowest BCUT2D eigenvalue weighted by atomic mass is 10.2. The van der Waals surface area contributed by atoms with Crippen LogP contribution in [0.1, 0.15) is 16.7 Å². The van der Waals surface area contributed by atoms with Crippen LogP contribution < -0.4 is 14.8 Å². The standard InChI is InChI=1S/C28H25BrN2O5S/c1-18-7-10-21(11-8-18)35-14-13-31-27(33)25(37-28(31)34)16-20-9-12-24(22(29)15-20)36-17-26(32)30-23-6-4-3-5-19(23)2/h3-12,15-16H,13-14,17H2,1-2H3,(H,30,32)/b25-16-. The fourth-order valence-corrected chi connectivity index (χ4v) is 4.88. The molecule has 7 nitrogen and oxygen atoms in total. The number of imide groups is 1. The van der Waals surface area contributed by atoms with Crippen LogP contribution in [-0.4, -0.2) is 41.7 Å². The summed E-state index contributed by atoms with van der Waals surface area (Å²) in [4.78, 5) is 39.0. The third-order valence-corrected chi connectivity index (χ3v) is 7.04. The second-order valence-corrected chi connectivity index (χ2v) is 10.2. The predicted octanol–water partition coefficient (Wildman–Crippen LogP) is 6.20. The van der Waals surface area contributed by atoms with Crippen molar-refractivity contribution in [1.29, 1.82) is 0 Å². The summed E-state index contributed by atoms with van der Waals surface area (Å²) in [6.45, 7) is 4.12. The predicted molar refractivity (Wildman–Crippen MR) is 149 cm³/mol. The number of nitrogens with one attached hydrogen (secondary N) is 1. The minimum Gasteiger partial charge on any atom is -0.492 e. The molecule has 4 rings (SSSR count). The highest BCUT2D eigenvalue weighted by atomic mass is 79.9. The van der Waals surface area contributed by atoms with E-state index in [4.69, 9.17) is 9.47 Å². The minimum atomic E-state index is -0.355. The van der Waals surface area contributed by atoms with Crippen molar-refractivity contribution in [3.05, 3.63) is 92.8 Å². The van der Waals surface area contributed by atoms with Crippen molar-refractivity contribution in [2.45, 2.75) is 13.8 Å². The largest absolute Gasteiger partial charge is 0.492 e. The Morgan fingerprint density at radius 1 is 1.03 bits per heavy atom. The van der Waals surface area contributed by atoms with Gasteiger partial charge in [-0.3, -0.25) is 19.3 Å². The summed E-state index contributed by atoms with van der Waals surface area (Å²) < 4.78 is 11.9. The zero-order valence-corrected chi connectivity index (χ0v) is 22.7. The number of carbonyl (C=O) groups excluding carboxylic acids is 3. The average Bonchev–Trinajstić information content (AvgIpc) is 3.13. The molecule has 0 unspecified atom stereocenters. The minimum absolute atomic E-state index is 0.157. The molecule has 1 fully saturated rings. The SMILES string of the molecule is Cc1ccc(OCCN2C(=O)S/C(=C\c3ccc(OCC(=O)Nc4ccccc4C)c(Br)c3)C2=O)cc1. The third kappa shape index (κ3) is 7.02. The Balaban J connectivity index is 1.32. The number of rotatable bonds is 9. The molecule has 1 N–H and O–H groups in total. The van der Waals surface area contributed by atoms with E-state index in [0.29, 0.717) is 26.4 Å². The maximum Gasteiger partial charge on any atom is 0.293 e. The number of para-hydroxylation sites is 1. The number of anilines is 1. The molecule has 1 aliphatic heterocycles. The molecule has 1 aliphatic rings. The van der Waals surface area contributed by atoms with Gasteiger partial charge in [-0.05, 0) is 89.1 Å². The van der Waals surface area contributed by atoms with E-state index in [9.17, 15) is 14.4 Å². The van der Waals surface area contributed by atoms with E-state index in [1.54, 1.807) is 24.3 Å². The van der Waals surface area contributed by atoms with Gasteiger partial charge in [-0.25, -0.2) is 0 Å². The van der Waals surface area contributed by atoms with Crippen LogP contribution >= 0.6 is 27.7 Å². The Labute approximate surface area is 228 Å². The lowest BCUT2D eigenvalue weighted by Crippen LogP contribution is -2.32. The van der Waals surface area contributed by atoms with Gasteiger partial charge in [0.05, 0.1) is 15.9 Å². The molecule has 1 saturated heterocycles. The number of aryl methyl sites for hydroxylation is 2. The van der Waals surface area contributed by atoms with E-state index in [1.807, 2.05) is 62.4 Å². The quantitative estimate of drug-likeness (QED) is 0.303. The third-order valence-electron chi connectivity index (χ3n) is 5.51. The van der Waals surface area contributed by atoms with Gasteiger partial charge < -0.3 is 14.8 Å². The number of halogens is 1. The van der Waals surface area contributed by atoms with Crippen molar-refractivity contribution < 1.29 is 23.9 Å². The molecular weight excluding hydrogens is 556 g/mol. The number of thioether (sulfide) groups is 1. The number of ether oxygens (including phenoxy) is 2. The summed E-state index contributed by atoms with van der Waals surface area (Å²) in [5.74, 6) is 0.545. The van der Waals surface area contributed by atoms with Gasteiger partial charge in [-0.1, -0.05) is 42.0 Å². The second-order valence-electron chi connectivity index (χ2n) is 8.34. The first-order valence-electron chi connectivity index (χ1n) is 11.5. The molecule has 0 aromatic heterocycles. The average molecular weight is 581 g/mol. The van der Waals surface area contributed by atoms with Gasteiger partial charge in [0.15, 0.2) is 6.61 Å². The number of carbonyl (C=O) groups is 3. The van der Waals surface area contributed by atoms with Gasteiger partial charge in [0, 0.05) is 5.69 Å². The first-order valence-corrected chi connectivity index (χ1v) is 13.1. The van der Waals surface area contributed by atoms with E-state index < -0.39 is 0 Å². The van der Waals surface area contributed by atoms with Crippen molar-refractivity contribution in [2.24, 2.45) is 0 Å². The van der Waals surface area contributed by atoms with Crippen LogP contribution in [0, 0.1) is 13.8 Å². The fraction of sp³-hybridized carbons (Fsp3) is 0.179. The molecule has 3 amide bonds. The van der Waals surface area contributed by atoms with Crippen molar-refractivity contribution in [1.82, 2.24) is 4.90 Å². The summed E-state index contributed by atoms with van der Waals surface area (Å²) in [6, 6.07) is 20.3. The normalized spacial score (nSPS) is 14.2. The van der Waals surface area contributed by atoms with Gasteiger partial charge in [-0.2, -0.15) is 0 Å². The van der Waals surface area contributed by atoms with E-state index in [2.05, 4.69) is 21.2 Å². The van der Waals surface area contributed by atoms with Crippen LogP contribution in [0.4, 0.5) is 10.5 Å². The first-order chi connectivity index (χ1) is 17.8. The van der Waals surface area contributed by atoms with Crippen LogP contribution in [0.5, 0.6) is 11.5 Å². The number of amides is 3. The van der Waals surface area contributed by atoms with E-state index in [-0.39, 0.29) is 36.8 Å². The lowest BCUT2D eigenvalue weighted by Gasteiger charge is -2.13. The Morgan fingerprint density at radius 2 is 1.78 bits per heavy atom. The van der Waals surface area contributed by atoms with Gasteiger partial charge in [0.1, 0.15) is 18.1 Å². The second kappa shape index (κ2) is 12.1. The molecule has 37 heavy (non-hydrogen) atoms. The maximum atomic E-state index is 12.8. The molecule has 0 bridgehead atoms. The summed E-state index contributed by atoms with van der Waals surface area (Å²) in [6.07, 6.45) is 1.66. The van der Waals surface area contributed by atoms with E-state index in [1.165, 1.54) is 4.90 Å². The summed E-state index contributed by atoms with van der Waals surface area (Å²) in [5.41, 5.74) is 3.54. The highest BCUT2D eigenvalue weighted by molar-refractivity contribution is 9.10. The maximum absolute atomic E-state index is 12.8. The van der Waals surface area contributed by atoms with Gasteiger partial charge in [-0.15, -0.1) is 0 Å². The Bertz CT molecular complexity index is 1360. The van der Waals surface area contributed by atoms with Crippen molar-refractivity contribution in [3.8, 4) is 11.5 Å². The Hall–Kier alpha value is -3.56. The number of benzene rings is 3. The summed E-state index contributed by atoms with van der Waals surface area (Å²) in [5, 5.41) is 2.49. The molecule has 0 spiro atoms. The highest BCUT2D eigenvalue weighted by Gasteiger charge is 2.34. The number of hydrogen-bond donors (Lipinski definition) is 1. The first kappa shape index (κ1) is 26.5. The van der Waals surface area contributed by atoms with Gasteiger partial charge >= 0.3 is 0 Å². The molecule has 0 aliphatic carbocycles. The molecule has 3 aromatic rings. The zero-order valence-electron chi connectivity index (χ0n) is 20.3. The molecule has 190 valence electrons. The van der Waals surface area contributed by atoms with Crippen LogP contribution in [0.15, 0.2) is 76.1 Å². The monoisotopic (exact) mass is 580 g/mol. The van der Waals surface area contributed by atoms with E-state index >= 15 is 0 Å². The van der Waals surface area contributed by atoms with Gasteiger partial charge in [0.25, 0.3) is 17.1 Å². The van der Waals surface area contributed by atoms with Crippen molar-refractivity contribution >= 4 is 56.5 Å². The number of hydrogen-bond acceptors (Lipinski definition) is 6. The molecular formula is C28H25BrN2O5S. The van der Waals surface area contributed by atoms with Crippen LogP contribution in [0.3, 0.4) is 0 Å². The smallest absolute Gasteiger partial charge is 0.293 e. The zero-order chi connectivity index (χ0) is 26.4. The molecule has 0 atom stereocenters. The summed E-state index contributed by atoms with van der Waals surface area (Å²) >= 11 is 4.35. The highest BCUT2D eigenvalue weighted by Crippen LogP contribution is 2.34. The molecule has 3 aromatic carbocycles. The fourth-order valence-electron chi connectivity index (χ4n) is 3.50. The topological polar surface area (TPSA) is 84.9 Å². The Morgan fingerprint density at radius 3 is 2.51 bits per heavy atom. The molecule has 0 radical (unpaired) electrons. The van der Waals surface area contributed by atoms with Crippen molar-refractivity contribution in [3.63, 3.8) is 0 Å². The van der Waals surface area contributed by atoms with Gasteiger partial charge in [0.2, 0.25) is 0 Å².